The average molecular weight is 2270 g/mol. The molecule has 0 aromatic carbocycles. The molecule has 1 N–H and O–H groups in total. The fraction of sp³-hybridized carbons (Fsp3) is 0.771. The van der Waals surface area contributed by atoms with Crippen molar-refractivity contribution in [3.05, 3.63) is 60.0 Å². The molecule has 1 heterocycles. The Hall–Kier alpha value is -6.40. The van der Waals surface area contributed by atoms with Gasteiger partial charge in [0.25, 0.3) is 6.01 Å². The fourth-order valence-corrected chi connectivity index (χ4v) is 9.15. The van der Waals surface area contributed by atoms with Gasteiger partial charge in [-0.3, -0.25) is 18.9 Å². The van der Waals surface area contributed by atoms with Crippen molar-refractivity contribution in [1.29, 1.82) is 0 Å². The molecule has 1 aliphatic heterocycles. The van der Waals surface area contributed by atoms with E-state index in [4.69, 9.17) is 15.0 Å². The van der Waals surface area contributed by atoms with E-state index in [0.717, 1.165) is 0 Å². The molecule has 95 heteroatoms. The second-order valence-electron chi connectivity index (χ2n) is 20.0. The van der Waals surface area contributed by atoms with Crippen molar-refractivity contribution in [2.45, 2.75) is 144 Å². The second-order valence-corrected chi connectivity index (χ2v) is 32.1. The second kappa shape index (κ2) is 39.4. The normalized spacial score (nSPS) is 17.0. The minimum atomic E-state index is -8.52. The molecule has 1 fully saturated rings. The van der Waals surface area contributed by atoms with Crippen molar-refractivity contribution in [3.8, 4) is 0 Å². The van der Waals surface area contributed by atoms with Gasteiger partial charge in [-0.25, -0.2) is 17.9 Å². The summed E-state index contributed by atoms with van der Waals surface area (Å²) in [6.07, 6.45) is -63.2. The highest BCUT2D eigenvalue weighted by Gasteiger charge is 2.92. The van der Waals surface area contributed by atoms with Gasteiger partial charge in [-0.05, 0) is 6.58 Å². The van der Waals surface area contributed by atoms with Crippen molar-refractivity contribution < 1.29 is 364 Å². The van der Waals surface area contributed by atoms with Crippen molar-refractivity contribution in [2.24, 2.45) is 0 Å². The van der Waals surface area contributed by atoms with Crippen LogP contribution < -0.4 is 0 Å². The van der Waals surface area contributed by atoms with Gasteiger partial charge in [0.15, 0.2) is 11.7 Å². The van der Waals surface area contributed by atoms with Gasteiger partial charge in [0.05, 0.1) is 6.61 Å². The maximum absolute atomic E-state index is 13.9. The van der Waals surface area contributed by atoms with E-state index >= 15 is 0 Å². The van der Waals surface area contributed by atoms with Crippen molar-refractivity contribution >= 4 is 92.3 Å². The zero-order chi connectivity index (χ0) is 109. The third-order valence-corrected chi connectivity index (χ3v) is 18.3. The molecule has 782 valence electrons. The minimum Gasteiger partial charge on any atom is -0.402 e. The molecular formula is C35H15F57O29S9. The van der Waals surface area contributed by atoms with Gasteiger partial charge >= 0.3 is 230 Å². The van der Waals surface area contributed by atoms with Crippen molar-refractivity contribution in [3.63, 3.8) is 0 Å². The quantitative estimate of drug-likeness (QED) is 0.0196. The van der Waals surface area contributed by atoms with E-state index in [2.05, 4.69) is 20.2 Å². The SMILES string of the molecule is C=C(F)C(F)(F)OC(F)(C(F)(F)S(=O)(=O)F)C(F)(F)S(=O)(=O)F.C=C(F)C(F)(F)OC(F)(F)C(F)(F)C(F)(F)OC(F)(C(F)(F)S(=O)(=O)F)C(F)(F)S(=O)(=O)F.C=C(F)OC(F)(F)C(F)(F)C(F)(F)OC(F)(C(F)(F)S(=O)(=O)F)C(F)(F)S(=O)(=O)F.C=CC(F)(F)OS(=O)(=O)F.FC(F)(F)C1(F)CO1.O=O.O=S(=O)(F)C(F)(F)C(F)(OC(F)(F)C(F)CO)C(F)(F)S(=O)(=O)F. The van der Waals surface area contributed by atoms with E-state index in [-0.39, 0.29) is 6.08 Å². The molecule has 1 rings (SSSR count). The van der Waals surface area contributed by atoms with E-state index < -0.39 is 268 Å². The Morgan fingerprint density at radius 1 is 0.346 bits per heavy atom. The van der Waals surface area contributed by atoms with Gasteiger partial charge in [0.2, 0.25) is 6.17 Å². The highest BCUT2D eigenvalue weighted by atomic mass is 32.3. The Morgan fingerprint density at radius 2 is 0.531 bits per heavy atom. The van der Waals surface area contributed by atoms with Gasteiger partial charge in [0, 0.05) is 16.0 Å². The van der Waals surface area contributed by atoms with Crippen LogP contribution in [0.3, 0.4) is 0 Å². The summed E-state index contributed by atoms with van der Waals surface area (Å²) in [6, 6.07) is -3.03. The maximum Gasteiger partial charge on any atom is 0.475 e. The smallest absolute Gasteiger partial charge is 0.402 e. The first-order valence-corrected chi connectivity index (χ1v) is 37.9. The first kappa shape index (κ1) is 134. The number of aliphatic hydroxyl groups excluding tert-OH is 1. The Labute approximate surface area is 672 Å². The lowest BCUT2D eigenvalue weighted by molar-refractivity contribution is -0.512. The molecule has 0 aromatic rings. The molecule has 0 amide bonds. The topological polar surface area (TPSA) is 439 Å². The average Bonchev–Trinajstić information content (AvgIpc) is 1.23. The van der Waals surface area contributed by atoms with E-state index in [0.29, 0.717) is 0 Å². The molecule has 0 aliphatic carbocycles. The highest BCUT2D eigenvalue weighted by Crippen LogP contribution is 2.62. The summed E-state index contributed by atoms with van der Waals surface area (Å²) < 4.78 is 922. The number of halogens is 57. The summed E-state index contributed by atoms with van der Waals surface area (Å²) in [6.45, 7) is 4.06. The summed E-state index contributed by atoms with van der Waals surface area (Å²) in [7, 11) is -71.2. The predicted octanol–water partition coefficient (Wildman–Crippen LogP) is 14.3. The summed E-state index contributed by atoms with van der Waals surface area (Å²) >= 11 is 0. The Balaban J connectivity index is -0.000000369. The third-order valence-electron chi connectivity index (χ3n) is 10.9. The molecule has 0 radical (unpaired) electrons. The summed E-state index contributed by atoms with van der Waals surface area (Å²) in [4.78, 5) is 14.0. The Bertz CT molecular complexity index is 4920. The molecule has 0 aromatic heterocycles. The molecular weight excluding hydrogens is 2260 g/mol. The molecule has 0 spiro atoms. The monoisotopic (exact) mass is 2270 g/mol. The van der Waals surface area contributed by atoms with Crippen molar-refractivity contribution in [2.75, 3.05) is 13.2 Å². The van der Waals surface area contributed by atoms with Crippen LogP contribution in [0.4, 0.5) is 246 Å². The molecule has 2 unspecified atom stereocenters. The number of epoxide rings is 1. The zero-order valence-electron chi connectivity index (χ0n) is 56.0. The first-order chi connectivity index (χ1) is 55.0. The van der Waals surface area contributed by atoms with Crippen LogP contribution in [0.1, 0.15) is 0 Å². The fourth-order valence-electron chi connectivity index (χ4n) is 4.69. The van der Waals surface area contributed by atoms with Crippen LogP contribution >= 0.6 is 0 Å². The summed E-state index contributed by atoms with van der Waals surface area (Å²) in [5.74, 6) is -57.4. The predicted molar refractivity (Wildman–Crippen MR) is 278 cm³/mol. The summed E-state index contributed by atoms with van der Waals surface area (Å²) in [5.41, 5.74) is 0. The number of ether oxygens (including phenoxy) is 7. The van der Waals surface area contributed by atoms with Crippen LogP contribution in [0.25, 0.3) is 0 Å². The molecule has 1 saturated heterocycles. The Morgan fingerprint density at radius 3 is 0.677 bits per heavy atom. The third kappa shape index (κ3) is 27.9. The van der Waals surface area contributed by atoms with E-state index in [1.165, 1.54) is 16.1 Å². The first-order valence-electron chi connectivity index (χ1n) is 25.5. The van der Waals surface area contributed by atoms with Gasteiger partial charge in [-0.15, -0.1) is 0 Å². The van der Waals surface area contributed by atoms with Crippen LogP contribution in [-0.4, -0.2) is 238 Å². The van der Waals surface area contributed by atoms with Gasteiger partial charge < -0.3 is 14.6 Å². The number of rotatable bonds is 39. The molecule has 130 heavy (non-hydrogen) atoms. The van der Waals surface area contributed by atoms with Crippen molar-refractivity contribution in [1.82, 2.24) is 0 Å². The van der Waals surface area contributed by atoms with Gasteiger partial charge in [-0.1, -0.05) is 54.7 Å². The Kier molecular flexibility index (Phi) is 40.7. The zero-order valence-corrected chi connectivity index (χ0v) is 63.3. The highest BCUT2D eigenvalue weighted by molar-refractivity contribution is 7.90. The number of aliphatic hydroxyl groups is 1. The molecule has 2 atom stereocenters. The lowest BCUT2D eigenvalue weighted by atomic mass is 10.2. The molecule has 0 bridgehead atoms. The maximum atomic E-state index is 13.9. The van der Waals surface area contributed by atoms with E-state index in [9.17, 15) is 321 Å². The van der Waals surface area contributed by atoms with Crippen LogP contribution in [0.5, 0.6) is 0 Å². The summed E-state index contributed by atoms with van der Waals surface area (Å²) in [5, 5.41) is -53.9. The minimum absolute atomic E-state index is 0.135. The number of hydrogen-bond donors (Lipinski definition) is 1. The lowest BCUT2D eigenvalue weighted by Crippen LogP contribution is -2.69. The van der Waals surface area contributed by atoms with E-state index in [1.54, 1.807) is 17.9 Å². The van der Waals surface area contributed by atoms with E-state index in [1.807, 2.05) is 9.47 Å². The molecule has 1 aliphatic rings. The molecule has 29 nitrogen and oxygen atoms in total. The number of hydrogen-bond acceptors (Lipinski definition) is 29. The van der Waals surface area contributed by atoms with Crippen LogP contribution in [0.2, 0.25) is 0 Å². The largest absolute Gasteiger partial charge is 0.475 e. The van der Waals surface area contributed by atoms with Crippen LogP contribution in [0, 0.1) is 9.93 Å². The van der Waals surface area contributed by atoms with Gasteiger partial charge in [-0.2, -0.15) is 278 Å². The van der Waals surface area contributed by atoms with Crippen LogP contribution in [0.15, 0.2) is 50.1 Å². The molecule has 0 saturated carbocycles. The lowest BCUT2D eigenvalue weighted by Gasteiger charge is -2.39. The number of alkyl halides is 45. The van der Waals surface area contributed by atoms with Gasteiger partial charge in [0.1, 0.15) is 6.61 Å². The van der Waals surface area contributed by atoms with Crippen LogP contribution in [-0.2, 0) is 130 Å². The standard InChI is InChI=1S/C9H2F16O6S2.C8H2F14O6S2.C6H4F10O6S2.C6H2F10O5S2.C3H2F4O.C3H3F3O3S.O2/c1-2(10)3(11,12)30-6(16,17)4(13,14)7(18,19)31-5(15,8(20,21)32(24,26)27)9(22,23)33(25,28)29;1-2(9)27-5(13,14)3(10,11)6(15,16)28-4(12,7(17,18)29(21,23)24)8(19,20)30(22,25)26;7-2(1-17)3(8,9)22-4(10,5(11,12)23(15,18)19)6(13,14)24(16,20)21;1-2(7)3(8,9)21-4(10,5(11,12)22(15,17)18)6(13,14)23(16,19)20;4-2(1-8-2)3(5,6)7;1-2-3(4,5)9-10(6,7)8;1-2/h1H2;1H2;2,17H,1H2;1H2;1H2;2H,1H2;.